The first-order valence-corrected chi connectivity index (χ1v) is 17.5. The Morgan fingerprint density at radius 3 is 2.57 bits per heavy atom. The molecule has 1 aliphatic carbocycles. The van der Waals surface area contributed by atoms with E-state index in [0.717, 1.165) is 50.5 Å². The van der Waals surface area contributed by atoms with E-state index in [2.05, 4.69) is 46.2 Å². The standard InChI is InChI=1S/C35H50N4O6S/c1-7-9-12-24(8-2)23-44-28(40)15-20-46-27-22-36-31(29(37-27)32(41)43-6)39-18-16-35(17-19-39)21-25-13-10-11-14-26(25)30(35)38-33(42)45-34(3,4)5/h10-11,13-14,22,24,30H,7-9,12,15-21,23H2,1-6H3,(H,38,42)/t24?,30-/m1/s1. The van der Waals surface area contributed by atoms with E-state index in [1.165, 1.54) is 24.4 Å². The average Bonchev–Trinajstić information content (AvgIpc) is 3.32. The summed E-state index contributed by atoms with van der Waals surface area (Å²) in [7, 11) is 1.33. The lowest BCUT2D eigenvalue weighted by Gasteiger charge is -2.44. The molecule has 1 aromatic carbocycles. The second-order valence-electron chi connectivity index (χ2n) is 13.4. The van der Waals surface area contributed by atoms with Crippen LogP contribution in [-0.2, 0) is 25.4 Å². The van der Waals surface area contributed by atoms with Crippen molar-refractivity contribution in [3.63, 3.8) is 0 Å². The molecule has 2 aromatic rings. The number of esters is 2. The second-order valence-corrected chi connectivity index (χ2v) is 14.5. The molecule has 0 bridgehead atoms. The van der Waals surface area contributed by atoms with Gasteiger partial charge in [0.2, 0.25) is 0 Å². The van der Waals surface area contributed by atoms with Gasteiger partial charge in [0, 0.05) is 24.3 Å². The number of methoxy groups -OCH3 is 1. The summed E-state index contributed by atoms with van der Waals surface area (Å²) in [6.45, 7) is 11.6. The number of hydrogen-bond donors (Lipinski definition) is 1. The minimum absolute atomic E-state index is 0.158. The van der Waals surface area contributed by atoms with E-state index in [1.807, 2.05) is 32.9 Å². The molecule has 1 aliphatic heterocycles. The summed E-state index contributed by atoms with van der Waals surface area (Å²) >= 11 is 1.37. The third kappa shape index (κ3) is 9.14. The van der Waals surface area contributed by atoms with Crippen molar-refractivity contribution in [2.75, 3.05) is 37.5 Å². The predicted octanol–water partition coefficient (Wildman–Crippen LogP) is 6.91. The summed E-state index contributed by atoms with van der Waals surface area (Å²) in [5, 5.41) is 3.74. The summed E-state index contributed by atoms with van der Waals surface area (Å²) < 4.78 is 16.2. The highest BCUT2D eigenvalue weighted by molar-refractivity contribution is 7.99. The molecule has 2 heterocycles. The zero-order chi connectivity index (χ0) is 33.3. The van der Waals surface area contributed by atoms with Gasteiger partial charge in [0.25, 0.3) is 0 Å². The number of carbonyl (C=O) groups is 3. The Bertz CT molecular complexity index is 1350. The zero-order valence-corrected chi connectivity index (χ0v) is 29.0. The Balaban J connectivity index is 1.40. The van der Waals surface area contributed by atoms with Gasteiger partial charge in [0.15, 0.2) is 11.5 Å². The van der Waals surface area contributed by atoms with E-state index in [-0.39, 0.29) is 29.5 Å². The number of benzene rings is 1. The highest BCUT2D eigenvalue weighted by Gasteiger charge is 2.49. The molecule has 252 valence electrons. The number of carbonyl (C=O) groups excluding carboxylic acids is 3. The molecule has 4 rings (SSSR count). The predicted molar refractivity (Wildman–Crippen MR) is 179 cm³/mol. The van der Waals surface area contributed by atoms with Gasteiger partial charge in [0.05, 0.1) is 32.4 Å². The van der Waals surface area contributed by atoms with Crippen LogP contribution in [0.5, 0.6) is 0 Å². The number of unbranched alkanes of at least 4 members (excludes halogenated alkanes) is 1. The number of hydrogen-bond acceptors (Lipinski definition) is 10. The Morgan fingerprint density at radius 1 is 1.15 bits per heavy atom. The average molecular weight is 655 g/mol. The number of aromatic nitrogens is 2. The Labute approximate surface area is 277 Å². The van der Waals surface area contributed by atoms with Crippen molar-refractivity contribution in [1.82, 2.24) is 15.3 Å². The largest absolute Gasteiger partial charge is 0.465 e. The lowest BCUT2D eigenvalue weighted by Crippen LogP contribution is -2.48. The molecule has 11 heteroatoms. The minimum atomic E-state index is -0.596. The van der Waals surface area contributed by atoms with Crippen LogP contribution in [0.3, 0.4) is 0 Å². The van der Waals surface area contributed by atoms with Crippen molar-refractivity contribution in [1.29, 1.82) is 0 Å². The number of piperidine rings is 1. The molecule has 1 amide bonds. The van der Waals surface area contributed by atoms with Gasteiger partial charge in [-0.25, -0.2) is 19.6 Å². The van der Waals surface area contributed by atoms with Gasteiger partial charge in [-0.05, 0) is 63.5 Å². The number of thioether (sulfide) groups is 1. The normalized spacial score (nSPS) is 17.7. The number of anilines is 1. The summed E-state index contributed by atoms with van der Waals surface area (Å²) in [6, 6.07) is 8.08. The van der Waals surface area contributed by atoms with Crippen molar-refractivity contribution in [3.05, 3.63) is 47.3 Å². The summed E-state index contributed by atoms with van der Waals surface area (Å²) in [5.74, 6) is 0.572. The van der Waals surface area contributed by atoms with E-state index in [4.69, 9.17) is 14.2 Å². The van der Waals surface area contributed by atoms with Crippen molar-refractivity contribution < 1.29 is 28.6 Å². The monoisotopic (exact) mass is 654 g/mol. The molecular weight excluding hydrogens is 604 g/mol. The highest BCUT2D eigenvalue weighted by atomic mass is 32.2. The Hall–Kier alpha value is -3.34. The number of alkyl carbamates (subject to hydrolysis) is 1. The lowest BCUT2D eigenvalue weighted by atomic mass is 9.72. The Morgan fingerprint density at radius 2 is 1.89 bits per heavy atom. The number of nitrogens with zero attached hydrogens (tertiary/aromatic N) is 3. The van der Waals surface area contributed by atoms with Gasteiger partial charge >= 0.3 is 18.0 Å². The molecule has 1 unspecified atom stereocenters. The van der Waals surface area contributed by atoms with Crippen LogP contribution < -0.4 is 10.2 Å². The van der Waals surface area contributed by atoms with E-state index in [1.54, 1.807) is 6.20 Å². The Kier molecular flexibility index (Phi) is 12.3. The van der Waals surface area contributed by atoms with Crippen LogP contribution in [0.4, 0.5) is 10.6 Å². The highest BCUT2D eigenvalue weighted by Crippen LogP contribution is 2.52. The van der Waals surface area contributed by atoms with Crippen LogP contribution in [0.25, 0.3) is 0 Å². The van der Waals surface area contributed by atoms with Crippen LogP contribution in [-0.4, -0.2) is 66.2 Å². The van der Waals surface area contributed by atoms with Gasteiger partial charge in [-0.3, -0.25) is 4.79 Å². The first-order valence-electron chi connectivity index (χ1n) is 16.5. The number of fused-ring (bicyclic) bond motifs is 1. The van der Waals surface area contributed by atoms with E-state index < -0.39 is 17.7 Å². The summed E-state index contributed by atoms with van der Waals surface area (Å²) in [4.78, 5) is 49.4. The maximum absolute atomic E-state index is 12.9. The number of rotatable bonds is 13. The maximum atomic E-state index is 12.9. The fourth-order valence-corrected chi connectivity index (χ4v) is 7.16. The topological polar surface area (TPSA) is 120 Å². The molecule has 1 aromatic heterocycles. The SMILES string of the molecule is CCCCC(CC)COC(=O)CCSc1cnc(N2CCC3(CC2)Cc2ccccc2[C@H]3NC(=O)OC(C)(C)C)c(C(=O)OC)n1. The quantitative estimate of drug-likeness (QED) is 0.139. The molecule has 1 fully saturated rings. The summed E-state index contributed by atoms with van der Waals surface area (Å²) in [6.07, 6.45) is 8.23. The van der Waals surface area contributed by atoms with Crippen LogP contribution in [0, 0.1) is 11.3 Å². The smallest absolute Gasteiger partial charge is 0.408 e. The van der Waals surface area contributed by atoms with Crippen LogP contribution in [0.2, 0.25) is 0 Å². The van der Waals surface area contributed by atoms with Gasteiger partial charge in [0.1, 0.15) is 10.6 Å². The molecule has 1 spiro atoms. The molecule has 0 radical (unpaired) electrons. The van der Waals surface area contributed by atoms with Crippen molar-refractivity contribution >= 4 is 35.6 Å². The molecule has 2 aliphatic rings. The zero-order valence-electron chi connectivity index (χ0n) is 28.2. The number of ether oxygens (including phenoxy) is 3. The van der Waals surface area contributed by atoms with Crippen LogP contribution in [0.15, 0.2) is 35.5 Å². The molecule has 1 N–H and O–H groups in total. The van der Waals surface area contributed by atoms with Gasteiger partial charge in [-0.2, -0.15) is 0 Å². The minimum Gasteiger partial charge on any atom is -0.465 e. The van der Waals surface area contributed by atoms with Gasteiger partial charge in [-0.1, -0.05) is 57.4 Å². The third-order valence-electron chi connectivity index (χ3n) is 8.93. The molecule has 10 nitrogen and oxygen atoms in total. The summed E-state index contributed by atoms with van der Waals surface area (Å²) in [5.41, 5.74) is 1.74. The third-order valence-corrected chi connectivity index (χ3v) is 9.83. The van der Waals surface area contributed by atoms with Crippen LogP contribution in [0.1, 0.15) is 107 Å². The van der Waals surface area contributed by atoms with Crippen molar-refractivity contribution in [2.45, 2.75) is 103 Å². The molecule has 1 saturated heterocycles. The number of nitrogens with one attached hydrogen (secondary N) is 1. The molecule has 2 atom stereocenters. The van der Waals surface area contributed by atoms with Crippen LogP contribution >= 0.6 is 11.8 Å². The van der Waals surface area contributed by atoms with E-state index >= 15 is 0 Å². The fraction of sp³-hybridized carbons (Fsp3) is 0.629. The maximum Gasteiger partial charge on any atom is 0.408 e. The van der Waals surface area contributed by atoms with E-state index in [9.17, 15) is 14.4 Å². The number of amides is 1. The van der Waals surface area contributed by atoms with Gasteiger partial charge < -0.3 is 24.4 Å². The van der Waals surface area contributed by atoms with Gasteiger partial charge in [-0.15, -0.1) is 11.8 Å². The molecular formula is C35H50N4O6S. The van der Waals surface area contributed by atoms with Crippen molar-refractivity contribution in [3.8, 4) is 0 Å². The molecule has 0 saturated carbocycles. The second kappa shape index (κ2) is 16.0. The first-order chi connectivity index (χ1) is 22.0. The van der Waals surface area contributed by atoms with E-state index in [0.29, 0.717) is 42.2 Å². The lowest BCUT2D eigenvalue weighted by molar-refractivity contribution is -0.144. The van der Waals surface area contributed by atoms with Crippen molar-refractivity contribution in [2.24, 2.45) is 11.3 Å². The first kappa shape index (κ1) is 35.5. The molecule has 46 heavy (non-hydrogen) atoms. The fourth-order valence-electron chi connectivity index (χ4n) is 6.39.